The van der Waals surface area contributed by atoms with Crippen molar-refractivity contribution in [1.29, 1.82) is 0 Å². The summed E-state index contributed by atoms with van der Waals surface area (Å²) in [6.45, 7) is 3.77. The fourth-order valence-corrected chi connectivity index (χ4v) is 4.14. The molecule has 1 aromatic heterocycles. The molecule has 1 aromatic carbocycles. The van der Waals surface area contributed by atoms with Gasteiger partial charge in [-0.1, -0.05) is 48.7 Å². The second kappa shape index (κ2) is 8.93. The van der Waals surface area contributed by atoms with Crippen molar-refractivity contribution in [2.75, 3.05) is 0 Å². The Labute approximate surface area is 168 Å². The van der Waals surface area contributed by atoms with Crippen LogP contribution in [0.3, 0.4) is 0 Å². The van der Waals surface area contributed by atoms with Crippen LogP contribution >= 0.6 is 23.4 Å². The molecule has 0 aliphatic heterocycles. The first-order chi connectivity index (χ1) is 12.9. The zero-order valence-corrected chi connectivity index (χ0v) is 17.1. The normalized spacial score (nSPS) is 16.1. The molecule has 0 bridgehead atoms. The van der Waals surface area contributed by atoms with Crippen molar-refractivity contribution in [1.82, 2.24) is 15.1 Å². The highest BCUT2D eigenvalue weighted by Gasteiger charge is 2.21. The summed E-state index contributed by atoms with van der Waals surface area (Å²) in [4.78, 5) is 24.7. The second-order valence-corrected chi connectivity index (χ2v) is 8.73. The van der Waals surface area contributed by atoms with Gasteiger partial charge in [-0.25, -0.2) is 0 Å². The molecule has 1 aliphatic rings. The number of thioether (sulfide) groups is 1. The number of carbonyl (C=O) groups excluding carboxylic acids is 1. The van der Waals surface area contributed by atoms with E-state index in [1.807, 2.05) is 26.0 Å². The van der Waals surface area contributed by atoms with Crippen molar-refractivity contribution >= 4 is 29.3 Å². The lowest BCUT2D eigenvalue weighted by Crippen LogP contribution is -2.40. The Morgan fingerprint density at radius 1 is 1.26 bits per heavy atom. The maximum absolute atomic E-state index is 12.5. The molecule has 5 nitrogen and oxygen atoms in total. The van der Waals surface area contributed by atoms with E-state index in [0.29, 0.717) is 15.7 Å². The number of nitrogens with one attached hydrogen (secondary N) is 1. The number of hydrogen-bond acceptors (Lipinski definition) is 4. The highest BCUT2D eigenvalue weighted by atomic mass is 35.5. The van der Waals surface area contributed by atoms with E-state index in [4.69, 9.17) is 11.6 Å². The molecule has 1 saturated carbocycles. The van der Waals surface area contributed by atoms with Crippen LogP contribution in [0.5, 0.6) is 0 Å². The highest BCUT2D eigenvalue weighted by molar-refractivity contribution is 8.00. The van der Waals surface area contributed by atoms with Gasteiger partial charge < -0.3 is 5.32 Å². The van der Waals surface area contributed by atoms with Crippen molar-refractivity contribution in [3.05, 3.63) is 51.3 Å². The van der Waals surface area contributed by atoms with E-state index in [-0.39, 0.29) is 22.8 Å². The van der Waals surface area contributed by atoms with Crippen LogP contribution in [0.2, 0.25) is 5.02 Å². The molecule has 1 N–H and O–H groups in total. The Morgan fingerprint density at radius 2 is 2.00 bits per heavy atom. The number of carbonyl (C=O) groups is 1. The van der Waals surface area contributed by atoms with Crippen molar-refractivity contribution in [3.63, 3.8) is 0 Å². The van der Waals surface area contributed by atoms with Gasteiger partial charge in [0.05, 0.1) is 10.9 Å². The van der Waals surface area contributed by atoms with E-state index in [1.165, 1.54) is 41.8 Å². The Bertz CT molecular complexity index is 878. The lowest BCUT2D eigenvalue weighted by atomic mass is 9.95. The zero-order chi connectivity index (χ0) is 19.4. The predicted octanol–water partition coefficient (Wildman–Crippen LogP) is 4.12. The molecule has 1 atom stereocenters. The SMILES string of the molecule is Cc1ccc(-n2nc(S[C@@H](C)C(=O)NC3CCCCC3)ccc2=O)cc1Cl. The molecule has 1 aliphatic carbocycles. The van der Waals surface area contributed by atoms with Crippen molar-refractivity contribution in [3.8, 4) is 5.69 Å². The summed E-state index contributed by atoms with van der Waals surface area (Å²) in [7, 11) is 0. The maximum atomic E-state index is 12.5. The lowest BCUT2D eigenvalue weighted by Gasteiger charge is -2.24. The average Bonchev–Trinajstić information content (AvgIpc) is 2.66. The molecule has 0 saturated heterocycles. The largest absolute Gasteiger partial charge is 0.352 e. The number of aryl methyl sites for hydroxylation is 1. The van der Waals surface area contributed by atoms with Crippen molar-refractivity contribution in [2.45, 2.75) is 62.3 Å². The summed E-state index contributed by atoms with van der Waals surface area (Å²) in [5, 5.41) is 8.47. The molecule has 0 radical (unpaired) electrons. The topological polar surface area (TPSA) is 64.0 Å². The minimum atomic E-state index is -0.285. The van der Waals surface area contributed by atoms with E-state index < -0.39 is 0 Å². The van der Waals surface area contributed by atoms with Gasteiger partial charge in [0, 0.05) is 17.1 Å². The Balaban J connectivity index is 1.72. The molecule has 3 rings (SSSR count). The second-order valence-electron chi connectivity index (χ2n) is 6.96. The first kappa shape index (κ1) is 20.0. The monoisotopic (exact) mass is 405 g/mol. The molecular weight excluding hydrogens is 382 g/mol. The van der Waals surface area contributed by atoms with Gasteiger partial charge in [-0.2, -0.15) is 9.78 Å². The van der Waals surface area contributed by atoms with Gasteiger partial charge in [0.1, 0.15) is 5.03 Å². The van der Waals surface area contributed by atoms with E-state index in [1.54, 1.807) is 12.1 Å². The van der Waals surface area contributed by atoms with Gasteiger partial charge >= 0.3 is 0 Å². The third-order valence-electron chi connectivity index (χ3n) is 4.79. The average molecular weight is 406 g/mol. The summed E-state index contributed by atoms with van der Waals surface area (Å²) < 4.78 is 1.32. The van der Waals surface area contributed by atoms with E-state index >= 15 is 0 Å². The number of halogens is 1. The molecule has 7 heteroatoms. The Kier molecular flexibility index (Phi) is 6.60. The van der Waals surface area contributed by atoms with Gasteiger partial charge in [0.15, 0.2) is 0 Å². The number of amides is 1. The van der Waals surface area contributed by atoms with Gasteiger partial charge in [-0.05, 0) is 50.5 Å². The number of rotatable bonds is 5. The lowest BCUT2D eigenvalue weighted by molar-refractivity contribution is -0.121. The summed E-state index contributed by atoms with van der Waals surface area (Å²) in [5.41, 5.74) is 1.31. The van der Waals surface area contributed by atoms with Crippen LogP contribution in [-0.4, -0.2) is 27.0 Å². The molecule has 0 spiro atoms. The van der Waals surface area contributed by atoms with E-state index in [2.05, 4.69) is 10.4 Å². The zero-order valence-electron chi connectivity index (χ0n) is 15.6. The molecule has 2 aromatic rings. The third-order valence-corrected chi connectivity index (χ3v) is 6.23. The van der Waals surface area contributed by atoms with Crippen LogP contribution in [0.4, 0.5) is 0 Å². The van der Waals surface area contributed by atoms with Crippen LogP contribution in [0.1, 0.15) is 44.6 Å². The van der Waals surface area contributed by atoms with Crippen LogP contribution in [-0.2, 0) is 4.79 Å². The molecule has 1 heterocycles. The number of nitrogens with zero attached hydrogens (tertiary/aromatic N) is 2. The van der Waals surface area contributed by atoms with Crippen LogP contribution in [0.15, 0.2) is 40.2 Å². The summed E-state index contributed by atoms with van der Waals surface area (Å²) >= 11 is 7.52. The molecule has 1 amide bonds. The number of benzene rings is 1. The summed E-state index contributed by atoms with van der Waals surface area (Å²) in [5.74, 6) is 0.0184. The summed E-state index contributed by atoms with van der Waals surface area (Å²) in [6, 6.07) is 8.79. The van der Waals surface area contributed by atoms with Crippen LogP contribution in [0.25, 0.3) is 5.69 Å². The van der Waals surface area contributed by atoms with Gasteiger partial charge in [0.2, 0.25) is 5.91 Å². The number of hydrogen-bond donors (Lipinski definition) is 1. The fraction of sp³-hybridized carbons (Fsp3) is 0.450. The van der Waals surface area contributed by atoms with Gasteiger partial charge in [-0.15, -0.1) is 0 Å². The third kappa shape index (κ3) is 5.14. The highest BCUT2D eigenvalue weighted by Crippen LogP contribution is 2.23. The quantitative estimate of drug-likeness (QED) is 0.760. The molecule has 1 fully saturated rings. The minimum Gasteiger partial charge on any atom is -0.352 e. The van der Waals surface area contributed by atoms with Crippen LogP contribution in [0, 0.1) is 6.92 Å². The Hall–Kier alpha value is -1.79. The van der Waals surface area contributed by atoms with Crippen LogP contribution < -0.4 is 10.9 Å². The molecule has 144 valence electrons. The van der Waals surface area contributed by atoms with E-state index in [9.17, 15) is 9.59 Å². The molecule has 0 unspecified atom stereocenters. The Morgan fingerprint density at radius 3 is 2.70 bits per heavy atom. The fourth-order valence-electron chi connectivity index (χ4n) is 3.16. The molecular formula is C20H24ClN3O2S. The first-order valence-corrected chi connectivity index (χ1v) is 10.5. The maximum Gasteiger partial charge on any atom is 0.271 e. The smallest absolute Gasteiger partial charge is 0.271 e. The van der Waals surface area contributed by atoms with Crippen molar-refractivity contribution in [2.24, 2.45) is 0 Å². The van der Waals surface area contributed by atoms with E-state index in [0.717, 1.165) is 18.4 Å². The molecule has 27 heavy (non-hydrogen) atoms. The number of aromatic nitrogens is 2. The van der Waals surface area contributed by atoms with Crippen molar-refractivity contribution < 1.29 is 4.79 Å². The predicted molar refractivity (Wildman–Crippen MR) is 110 cm³/mol. The standard InChI is InChI=1S/C20H24ClN3O2S/c1-13-8-9-16(12-17(13)21)24-19(25)11-10-18(23-24)27-14(2)20(26)22-15-6-4-3-5-7-15/h8-12,14-15H,3-7H2,1-2H3,(H,22,26)/t14-/m0/s1. The summed E-state index contributed by atoms with van der Waals surface area (Å²) in [6.07, 6.45) is 5.72. The van der Waals surface area contributed by atoms with Gasteiger partial charge in [-0.3, -0.25) is 9.59 Å². The minimum absolute atomic E-state index is 0.0184. The van der Waals surface area contributed by atoms with Gasteiger partial charge in [0.25, 0.3) is 5.56 Å². The first-order valence-electron chi connectivity index (χ1n) is 9.28.